The summed E-state index contributed by atoms with van der Waals surface area (Å²) in [7, 11) is -0.555. The van der Waals surface area contributed by atoms with Crippen LogP contribution in [0.15, 0.2) is 39.8 Å². The van der Waals surface area contributed by atoms with Crippen molar-refractivity contribution >= 4 is 38.9 Å². The van der Waals surface area contributed by atoms with Crippen molar-refractivity contribution in [2.24, 2.45) is 22.3 Å². The Morgan fingerprint density at radius 1 is 1.22 bits per heavy atom. The highest BCUT2D eigenvalue weighted by molar-refractivity contribution is 7.92. The number of fused-ring (bicyclic) bond motifs is 7. The third-order valence-electron chi connectivity index (χ3n) is 6.07. The minimum absolute atomic E-state index is 0.238. The maximum absolute atomic E-state index is 13.4. The summed E-state index contributed by atoms with van der Waals surface area (Å²) >= 11 is 0. The van der Waals surface area contributed by atoms with E-state index in [1.165, 1.54) is 0 Å². The normalized spacial score (nSPS) is 19.3. The lowest BCUT2D eigenvalue weighted by molar-refractivity contribution is 0.100. The number of anilines is 2. The summed E-state index contributed by atoms with van der Waals surface area (Å²) < 4.78 is 24.3. The van der Waals surface area contributed by atoms with Crippen LogP contribution in [-0.2, 0) is 16.8 Å². The highest BCUT2D eigenvalue weighted by Gasteiger charge is 2.30. The summed E-state index contributed by atoms with van der Waals surface area (Å²) in [6.45, 7) is 5.08. The number of aliphatic imine (C=N–C) groups is 1. The molecule has 0 aromatic carbocycles. The average Bonchev–Trinajstić information content (AvgIpc) is 3.34. The molecule has 0 fully saturated rings. The van der Waals surface area contributed by atoms with Crippen molar-refractivity contribution in [1.82, 2.24) is 19.7 Å². The Kier molecular flexibility index (Phi) is 6.44. The zero-order valence-corrected chi connectivity index (χ0v) is 22.4. The summed E-state index contributed by atoms with van der Waals surface area (Å²) in [6, 6.07) is 6.96. The van der Waals surface area contributed by atoms with Crippen LogP contribution in [0.25, 0.3) is 11.3 Å². The summed E-state index contributed by atoms with van der Waals surface area (Å²) in [6.07, 6.45) is 6.55. The molecule has 12 heteroatoms. The third kappa shape index (κ3) is 5.33. The fraction of sp³-hybridized carbons (Fsp3) is 0.400. The molecule has 0 saturated carbocycles. The summed E-state index contributed by atoms with van der Waals surface area (Å²) in [5.74, 6) is 1.83. The van der Waals surface area contributed by atoms with Crippen molar-refractivity contribution in [1.29, 1.82) is 0 Å². The van der Waals surface area contributed by atoms with Gasteiger partial charge in [-0.1, -0.05) is 6.92 Å². The van der Waals surface area contributed by atoms with Crippen molar-refractivity contribution in [2.75, 3.05) is 35.9 Å². The topological polar surface area (TPSA) is 127 Å². The van der Waals surface area contributed by atoms with Crippen molar-refractivity contribution in [3.8, 4) is 17.1 Å². The number of nitrogens with one attached hydrogen (secondary N) is 1. The molecule has 37 heavy (non-hydrogen) atoms. The lowest BCUT2D eigenvalue weighted by atomic mass is 10.1. The molecular weight excluding hydrogens is 492 g/mol. The second-order valence-corrected chi connectivity index (χ2v) is 12.3. The van der Waals surface area contributed by atoms with E-state index >= 15 is 0 Å². The molecule has 0 aliphatic carbocycles. The van der Waals surface area contributed by atoms with E-state index in [0.717, 1.165) is 18.4 Å². The Morgan fingerprint density at radius 3 is 2.81 bits per heavy atom. The number of pyridine rings is 2. The first kappa shape index (κ1) is 24.9. The lowest BCUT2D eigenvalue weighted by Crippen LogP contribution is -2.35. The molecule has 0 radical (unpaired) electrons. The van der Waals surface area contributed by atoms with Gasteiger partial charge in [0, 0.05) is 47.1 Å². The highest BCUT2D eigenvalue weighted by atomic mass is 32.2. The number of carbonyl (C=O) groups is 1. The largest absolute Gasteiger partial charge is 0.477 e. The Balaban J connectivity index is 1.59. The minimum Gasteiger partial charge on any atom is -0.477 e. The van der Waals surface area contributed by atoms with Gasteiger partial charge in [-0.05, 0) is 49.9 Å². The monoisotopic (exact) mass is 522 g/mol. The number of aromatic nitrogens is 4. The number of carbonyl (C=O) groups excluding carboxylic acids is 1. The van der Waals surface area contributed by atoms with Crippen molar-refractivity contribution in [3.63, 3.8) is 0 Å². The Bertz CT molecular complexity index is 1530. The molecule has 1 unspecified atom stereocenters. The van der Waals surface area contributed by atoms with Crippen LogP contribution in [0.5, 0.6) is 5.88 Å². The van der Waals surface area contributed by atoms with E-state index in [9.17, 15) is 9.00 Å². The van der Waals surface area contributed by atoms with Gasteiger partial charge in [0.15, 0.2) is 11.6 Å². The standard InChI is InChI=1S/C25H30N8O3S/c1-15-7-6-10-36-24-18(13-26-32(24)3)20-12-17(11-16(2)27-20)23(34)30-25-28-19-8-9-21(31-37(4,5)35)29-22(19)33(25)14-15/h8-9,11-13,15H,6-7,10,14H2,1-5H3,(H,28,30,34). The van der Waals surface area contributed by atoms with Crippen LogP contribution < -0.4 is 15.0 Å². The van der Waals surface area contributed by atoms with Crippen LogP contribution in [0.3, 0.4) is 0 Å². The smallest absolute Gasteiger partial charge is 0.280 e. The van der Waals surface area contributed by atoms with Gasteiger partial charge in [0.05, 0.1) is 29.7 Å². The molecule has 3 aromatic rings. The van der Waals surface area contributed by atoms with Crippen LogP contribution >= 0.6 is 0 Å². The number of amides is 1. The number of aryl methyl sites for hydroxylation is 2. The summed E-state index contributed by atoms with van der Waals surface area (Å²) in [5, 5.41) is 7.58. The van der Waals surface area contributed by atoms with E-state index in [2.05, 4.69) is 36.7 Å². The first-order valence-corrected chi connectivity index (χ1v) is 14.4. The lowest BCUT2D eigenvalue weighted by Gasteiger charge is -2.22. The molecule has 1 atom stereocenters. The molecule has 11 nitrogen and oxygen atoms in total. The second-order valence-electron chi connectivity index (χ2n) is 9.75. The van der Waals surface area contributed by atoms with Crippen LogP contribution in [0, 0.1) is 12.8 Å². The van der Waals surface area contributed by atoms with Gasteiger partial charge in [0.1, 0.15) is 0 Å². The molecule has 5 heterocycles. The molecule has 2 aliphatic rings. The molecule has 3 aromatic heterocycles. The van der Waals surface area contributed by atoms with Crippen LogP contribution in [0.2, 0.25) is 0 Å². The molecule has 2 bridgehead atoms. The SMILES string of the molecule is Cc1cc2cc(n1)-c1cnn(C)c1OCCCC(C)CN1/C(=N/C2=O)Nc2ccc(N=S(C)(C)=O)nc21. The van der Waals surface area contributed by atoms with Crippen molar-refractivity contribution < 1.29 is 13.7 Å². The van der Waals surface area contributed by atoms with Crippen LogP contribution in [0.4, 0.5) is 17.3 Å². The molecule has 0 saturated heterocycles. The van der Waals surface area contributed by atoms with Crippen LogP contribution in [-0.4, -0.2) is 61.5 Å². The Morgan fingerprint density at radius 2 is 2.03 bits per heavy atom. The first-order chi connectivity index (χ1) is 17.6. The van der Waals surface area contributed by atoms with Gasteiger partial charge in [-0.2, -0.15) is 14.5 Å². The van der Waals surface area contributed by atoms with E-state index in [1.54, 1.807) is 41.6 Å². The second kappa shape index (κ2) is 9.58. The average molecular weight is 523 g/mol. The molecular formula is C25H30N8O3S. The molecule has 2 aliphatic heterocycles. The highest BCUT2D eigenvalue weighted by Crippen LogP contribution is 2.35. The van der Waals surface area contributed by atoms with Gasteiger partial charge in [-0.3, -0.25) is 14.7 Å². The predicted molar refractivity (Wildman–Crippen MR) is 144 cm³/mol. The van der Waals surface area contributed by atoms with Gasteiger partial charge in [0.25, 0.3) is 5.91 Å². The van der Waals surface area contributed by atoms with Gasteiger partial charge in [0.2, 0.25) is 11.8 Å². The van der Waals surface area contributed by atoms with Crippen LogP contribution in [0.1, 0.15) is 35.8 Å². The fourth-order valence-electron chi connectivity index (χ4n) is 4.43. The zero-order chi connectivity index (χ0) is 26.3. The van der Waals surface area contributed by atoms with E-state index < -0.39 is 15.6 Å². The Labute approximate surface area is 216 Å². The molecule has 194 valence electrons. The maximum atomic E-state index is 13.4. The predicted octanol–water partition coefficient (Wildman–Crippen LogP) is 3.78. The van der Waals surface area contributed by atoms with Gasteiger partial charge >= 0.3 is 0 Å². The quantitative estimate of drug-likeness (QED) is 0.512. The number of hydrogen-bond donors (Lipinski definition) is 1. The Hall–Kier alpha value is -3.80. The van der Waals surface area contributed by atoms with E-state index in [-0.39, 0.29) is 5.92 Å². The van der Waals surface area contributed by atoms with E-state index in [4.69, 9.17) is 4.74 Å². The van der Waals surface area contributed by atoms with E-state index in [1.807, 2.05) is 24.9 Å². The number of hydrogen-bond acceptors (Lipinski definition) is 9. The number of nitrogens with zero attached hydrogens (tertiary/aromatic N) is 7. The van der Waals surface area contributed by atoms with Gasteiger partial charge in [-0.15, -0.1) is 0 Å². The third-order valence-corrected chi connectivity index (χ3v) is 6.70. The number of rotatable bonds is 1. The maximum Gasteiger partial charge on any atom is 0.280 e. The molecule has 1 amide bonds. The minimum atomic E-state index is -2.38. The number of ether oxygens (including phenoxy) is 1. The summed E-state index contributed by atoms with van der Waals surface area (Å²) in [5.41, 5.74) is 3.14. The van der Waals surface area contributed by atoms with Crippen molar-refractivity contribution in [2.45, 2.75) is 26.7 Å². The molecule has 0 spiro atoms. The number of guanidine groups is 1. The molecule has 5 rings (SSSR count). The van der Waals surface area contributed by atoms with Crippen molar-refractivity contribution in [3.05, 3.63) is 41.7 Å². The van der Waals surface area contributed by atoms with E-state index in [0.29, 0.717) is 59.3 Å². The zero-order valence-electron chi connectivity index (χ0n) is 21.6. The van der Waals surface area contributed by atoms with Gasteiger partial charge in [-0.25, -0.2) is 13.9 Å². The summed E-state index contributed by atoms with van der Waals surface area (Å²) in [4.78, 5) is 29.0. The molecule has 1 N–H and O–H groups in total. The first-order valence-electron chi connectivity index (χ1n) is 12.1. The van der Waals surface area contributed by atoms with Gasteiger partial charge < -0.3 is 10.1 Å². The fourth-order valence-corrected chi connectivity index (χ4v) is 4.99.